The third-order valence-electron chi connectivity index (χ3n) is 3.69. The number of halogens is 1. The Bertz CT molecular complexity index is 1030. The van der Waals surface area contributed by atoms with E-state index >= 15 is 0 Å². The second-order valence-electron chi connectivity index (χ2n) is 5.28. The van der Waals surface area contributed by atoms with Crippen LogP contribution < -0.4 is 15.0 Å². The lowest BCUT2D eigenvalue weighted by Crippen LogP contribution is -2.13. The predicted octanol–water partition coefficient (Wildman–Crippen LogP) is 2.91. The molecule has 3 rings (SSSR count). The molecule has 0 aliphatic heterocycles. The van der Waals surface area contributed by atoms with Crippen LogP contribution in [0.25, 0.3) is 22.3 Å². The van der Waals surface area contributed by atoms with Crippen molar-refractivity contribution in [3.8, 4) is 22.9 Å². The van der Waals surface area contributed by atoms with Gasteiger partial charge in [0, 0.05) is 10.0 Å². The van der Waals surface area contributed by atoms with Gasteiger partial charge in [0.1, 0.15) is 5.82 Å². The van der Waals surface area contributed by atoms with Crippen molar-refractivity contribution in [3.63, 3.8) is 0 Å². The molecule has 0 bridgehead atoms. The zero-order valence-electron chi connectivity index (χ0n) is 14.0. The van der Waals surface area contributed by atoms with E-state index in [9.17, 15) is 9.59 Å². The van der Waals surface area contributed by atoms with E-state index in [0.29, 0.717) is 38.3 Å². The first-order valence-corrected chi connectivity index (χ1v) is 8.39. The number of aromatic amines is 1. The van der Waals surface area contributed by atoms with Crippen LogP contribution in [-0.4, -0.2) is 36.8 Å². The second kappa shape index (κ2) is 7.57. The summed E-state index contributed by atoms with van der Waals surface area (Å²) in [6, 6.07) is 10.4. The minimum Gasteiger partial charge on any atom is -0.493 e. The molecular formula is C18H15BrN2O5. The molecule has 8 heteroatoms. The highest BCUT2D eigenvalue weighted by molar-refractivity contribution is 9.10. The molecule has 134 valence electrons. The van der Waals surface area contributed by atoms with Crippen LogP contribution in [0.4, 0.5) is 0 Å². The summed E-state index contributed by atoms with van der Waals surface area (Å²) >= 11 is 3.45. The zero-order valence-corrected chi connectivity index (χ0v) is 15.6. The molecule has 0 saturated carbocycles. The Kier molecular flexibility index (Phi) is 5.22. The number of methoxy groups -OCH3 is 2. The number of H-pyrrole nitrogens is 1. The van der Waals surface area contributed by atoms with Gasteiger partial charge in [0.2, 0.25) is 0 Å². The highest BCUT2D eigenvalue weighted by Crippen LogP contribution is 2.37. The van der Waals surface area contributed by atoms with E-state index in [1.54, 1.807) is 30.3 Å². The number of carbonyl (C=O) groups is 1. The van der Waals surface area contributed by atoms with Gasteiger partial charge < -0.3 is 19.2 Å². The lowest BCUT2D eigenvalue weighted by molar-refractivity contribution is -0.142. The van der Waals surface area contributed by atoms with Crippen LogP contribution >= 0.6 is 15.9 Å². The van der Waals surface area contributed by atoms with E-state index in [-0.39, 0.29) is 12.2 Å². The number of nitrogens with one attached hydrogen (secondary N) is 1. The average molecular weight is 419 g/mol. The molecule has 0 fully saturated rings. The first-order chi connectivity index (χ1) is 12.5. The summed E-state index contributed by atoms with van der Waals surface area (Å²) in [5.74, 6) is 0.630. The monoisotopic (exact) mass is 418 g/mol. The number of nitrogens with zero attached hydrogens (tertiary/aromatic N) is 1. The fourth-order valence-corrected chi connectivity index (χ4v) is 2.91. The molecule has 0 amide bonds. The van der Waals surface area contributed by atoms with Crippen molar-refractivity contribution in [2.75, 3.05) is 20.8 Å². The minimum absolute atomic E-state index is 0.234. The molecule has 1 aromatic heterocycles. The van der Waals surface area contributed by atoms with Crippen LogP contribution in [0.2, 0.25) is 0 Å². The Morgan fingerprint density at radius 2 is 1.96 bits per heavy atom. The van der Waals surface area contributed by atoms with Crippen molar-refractivity contribution >= 4 is 32.8 Å². The number of hydrogen-bond donors (Lipinski definition) is 1. The molecule has 2 aromatic carbocycles. The number of aromatic nitrogens is 2. The summed E-state index contributed by atoms with van der Waals surface area (Å²) in [6.45, 7) is -0.246. The zero-order chi connectivity index (χ0) is 18.7. The molecule has 0 aliphatic carbocycles. The smallest absolute Gasteiger partial charge is 0.343 e. The SMILES string of the molecule is COC(=O)COc1cc(Br)c(-c2nc3ccccc3c(=O)[nH]2)cc1OC. The van der Waals surface area contributed by atoms with Crippen LogP contribution in [0.5, 0.6) is 11.5 Å². The molecule has 0 spiro atoms. The summed E-state index contributed by atoms with van der Waals surface area (Å²) in [5.41, 5.74) is 0.973. The Morgan fingerprint density at radius 1 is 1.19 bits per heavy atom. The van der Waals surface area contributed by atoms with Gasteiger partial charge in [-0.1, -0.05) is 12.1 Å². The number of fused-ring (bicyclic) bond motifs is 1. The van der Waals surface area contributed by atoms with Gasteiger partial charge in [-0.05, 0) is 40.2 Å². The minimum atomic E-state index is -0.507. The predicted molar refractivity (Wildman–Crippen MR) is 99.6 cm³/mol. The number of para-hydroxylation sites is 1. The Balaban J connectivity index is 2.06. The maximum atomic E-state index is 12.3. The third kappa shape index (κ3) is 3.55. The van der Waals surface area contributed by atoms with E-state index in [0.717, 1.165) is 0 Å². The fraction of sp³-hybridized carbons (Fsp3) is 0.167. The highest BCUT2D eigenvalue weighted by Gasteiger charge is 2.15. The normalized spacial score (nSPS) is 10.6. The Hall–Kier alpha value is -2.87. The van der Waals surface area contributed by atoms with Crippen molar-refractivity contribution in [2.45, 2.75) is 0 Å². The molecule has 1 N–H and O–H groups in total. The van der Waals surface area contributed by atoms with E-state index in [2.05, 4.69) is 30.6 Å². The number of benzene rings is 2. The first-order valence-electron chi connectivity index (χ1n) is 7.60. The molecule has 3 aromatic rings. The van der Waals surface area contributed by atoms with Gasteiger partial charge in [0.05, 0.1) is 25.1 Å². The van der Waals surface area contributed by atoms with Crippen LogP contribution in [0.3, 0.4) is 0 Å². The van der Waals surface area contributed by atoms with Crippen LogP contribution in [0, 0.1) is 0 Å². The summed E-state index contributed by atoms with van der Waals surface area (Å²) in [5, 5.41) is 0.511. The van der Waals surface area contributed by atoms with E-state index in [1.807, 2.05) is 6.07 Å². The van der Waals surface area contributed by atoms with E-state index in [1.165, 1.54) is 14.2 Å². The standard InChI is InChI=1S/C18H15BrN2O5/c1-24-14-7-11(12(19)8-15(14)26-9-16(22)25-2)17-20-13-6-4-3-5-10(13)18(23)21-17/h3-8H,9H2,1-2H3,(H,20,21,23). The molecule has 0 atom stereocenters. The third-order valence-corrected chi connectivity index (χ3v) is 4.35. The summed E-state index contributed by atoms with van der Waals surface area (Å²) in [4.78, 5) is 30.8. The topological polar surface area (TPSA) is 90.5 Å². The molecule has 0 unspecified atom stereocenters. The van der Waals surface area contributed by atoms with Gasteiger partial charge >= 0.3 is 5.97 Å². The maximum absolute atomic E-state index is 12.3. The van der Waals surface area contributed by atoms with E-state index in [4.69, 9.17) is 9.47 Å². The van der Waals surface area contributed by atoms with Crippen LogP contribution in [0.15, 0.2) is 45.7 Å². The Labute approximate surface area is 157 Å². The molecule has 26 heavy (non-hydrogen) atoms. The molecule has 0 aliphatic rings. The van der Waals surface area contributed by atoms with Gasteiger partial charge in [-0.15, -0.1) is 0 Å². The number of carbonyl (C=O) groups excluding carboxylic acids is 1. The van der Waals surface area contributed by atoms with Gasteiger partial charge in [0.25, 0.3) is 5.56 Å². The van der Waals surface area contributed by atoms with Crippen molar-refractivity contribution in [2.24, 2.45) is 0 Å². The lowest BCUT2D eigenvalue weighted by Gasteiger charge is -2.13. The second-order valence-corrected chi connectivity index (χ2v) is 6.13. The number of rotatable bonds is 5. The number of hydrogen-bond acceptors (Lipinski definition) is 6. The van der Waals surface area contributed by atoms with Gasteiger partial charge in [-0.2, -0.15) is 0 Å². The largest absolute Gasteiger partial charge is 0.493 e. The summed E-state index contributed by atoms with van der Waals surface area (Å²) in [6.07, 6.45) is 0. The first kappa shape index (κ1) is 17.9. The summed E-state index contributed by atoms with van der Waals surface area (Å²) in [7, 11) is 2.76. The van der Waals surface area contributed by atoms with Crippen molar-refractivity contribution in [1.82, 2.24) is 9.97 Å². The highest BCUT2D eigenvalue weighted by atomic mass is 79.9. The van der Waals surface area contributed by atoms with Crippen molar-refractivity contribution in [3.05, 3.63) is 51.2 Å². The fourth-order valence-electron chi connectivity index (χ4n) is 2.40. The number of ether oxygens (including phenoxy) is 3. The number of esters is 1. The van der Waals surface area contributed by atoms with E-state index < -0.39 is 5.97 Å². The molecular weight excluding hydrogens is 404 g/mol. The molecule has 0 saturated heterocycles. The van der Waals surface area contributed by atoms with Gasteiger partial charge in [-0.25, -0.2) is 9.78 Å². The van der Waals surface area contributed by atoms with Crippen LogP contribution in [0.1, 0.15) is 0 Å². The molecule has 0 radical (unpaired) electrons. The van der Waals surface area contributed by atoms with Crippen molar-refractivity contribution < 1.29 is 19.0 Å². The van der Waals surface area contributed by atoms with Crippen LogP contribution in [-0.2, 0) is 9.53 Å². The van der Waals surface area contributed by atoms with Gasteiger partial charge in [0.15, 0.2) is 18.1 Å². The molecule has 7 nitrogen and oxygen atoms in total. The maximum Gasteiger partial charge on any atom is 0.343 e. The summed E-state index contributed by atoms with van der Waals surface area (Å²) < 4.78 is 15.9. The average Bonchev–Trinajstić information content (AvgIpc) is 2.66. The molecule has 1 heterocycles. The Morgan fingerprint density at radius 3 is 2.69 bits per heavy atom. The van der Waals surface area contributed by atoms with Crippen molar-refractivity contribution in [1.29, 1.82) is 0 Å². The lowest BCUT2D eigenvalue weighted by atomic mass is 10.1. The quantitative estimate of drug-likeness (QED) is 0.640. The van der Waals surface area contributed by atoms with Gasteiger partial charge in [-0.3, -0.25) is 4.79 Å².